The average molecular weight is 461 g/mol. The van der Waals surface area contributed by atoms with Crippen LogP contribution in [0, 0.1) is 6.92 Å². The van der Waals surface area contributed by atoms with Gasteiger partial charge >= 0.3 is 0 Å². The van der Waals surface area contributed by atoms with E-state index in [0.29, 0.717) is 12.6 Å². The molecule has 34 heavy (non-hydrogen) atoms. The van der Waals surface area contributed by atoms with Crippen LogP contribution in [0.15, 0.2) is 65.5 Å². The average Bonchev–Trinajstić information content (AvgIpc) is 3.35. The number of ether oxygens (including phenoxy) is 1. The van der Waals surface area contributed by atoms with Crippen molar-refractivity contribution in [2.45, 2.75) is 46.1 Å². The highest BCUT2D eigenvalue weighted by Gasteiger charge is 2.21. The van der Waals surface area contributed by atoms with Gasteiger partial charge in [0.25, 0.3) is 0 Å². The van der Waals surface area contributed by atoms with Gasteiger partial charge in [0, 0.05) is 29.7 Å². The number of nitrogens with zero attached hydrogens (tertiary/aromatic N) is 3. The van der Waals surface area contributed by atoms with Gasteiger partial charge in [-0.15, -0.1) is 0 Å². The van der Waals surface area contributed by atoms with Gasteiger partial charge in [0.15, 0.2) is 0 Å². The first-order valence-corrected chi connectivity index (χ1v) is 12.2. The van der Waals surface area contributed by atoms with Crippen LogP contribution in [-0.4, -0.2) is 47.2 Å². The number of aryl methyl sites for hydroxylation is 1. The summed E-state index contributed by atoms with van der Waals surface area (Å²) in [5.41, 5.74) is 11.3. The van der Waals surface area contributed by atoms with Gasteiger partial charge < -0.3 is 21.1 Å². The largest absolute Gasteiger partial charge is 0.492 e. The minimum absolute atomic E-state index is 0.0679. The Morgan fingerprint density at radius 1 is 1.18 bits per heavy atom. The van der Waals surface area contributed by atoms with Crippen molar-refractivity contribution in [3.05, 3.63) is 71.1 Å². The summed E-state index contributed by atoms with van der Waals surface area (Å²) < 4.78 is 5.90. The van der Waals surface area contributed by atoms with Crippen LogP contribution in [0.2, 0.25) is 0 Å². The predicted molar refractivity (Wildman–Crippen MR) is 139 cm³/mol. The van der Waals surface area contributed by atoms with Crippen molar-refractivity contribution in [2.75, 3.05) is 36.9 Å². The first kappa shape index (κ1) is 23.8. The van der Waals surface area contributed by atoms with E-state index < -0.39 is 0 Å². The van der Waals surface area contributed by atoms with E-state index in [1.165, 1.54) is 25.9 Å². The summed E-state index contributed by atoms with van der Waals surface area (Å²) in [6.07, 6.45) is 11.6. The number of allylic oxidation sites excluding steroid dienone is 2. The van der Waals surface area contributed by atoms with Crippen molar-refractivity contribution >= 4 is 17.5 Å². The summed E-state index contributed by atoms with van der Waals surface area (Å²) in [6, 6.07) is 8.01. The number of rotatable bonds is 9. The van der Waals surface area contributed by atoms with Crippen LogP contribution in [0.4, 0.5) is 17.5 Å². The maximum atomic E-state index is 6.36. The Bertz CT molecular complexity index is 1070. The maximum Gasteiger partial charge on any atom is 0.229 e. The lowest BCUT2D eigenvalue weighted by molar-refractivity contribution is 0.238. The van der Waals surface area contributed by atoms with Crippen LogP contribution in [0.3, 0.4) is 0 Å². The fourth-order valence-corrected chi connectivity index (χ4v) is 4.34. The predicted octanol–water partition coefficient (Wildman–Crippen LogP) is 4.92. The summed E-state index contributed by atoms with van der Waals surface area (Å²) in [4.78, 5) is 11.7. The molecule has 2 heterocycles. The monoisotopic (exact) mass is 460 g/mol. The normalized spacial score (nSPS) is 18.9. The molecule has 4 rings (SSSR count). The number of anilines is 3. The number of nitrogens with two attached hydrogens (primary N) is 1. The fourth-order valence-electron chi connectivity index (χ4n) is 4.34. The number of hydrogen-bond donors (Lipinski definition) is 3. The minimum atomic E-state index is 0.0679. The number of likely N-dealkylation sites (tertiary alicyclic amines) is 1. The highest BCUT2D eigenvalue weighted by Crippen LogP contribution is 2.27. The second-order valence-electron chi connectivity index (χ2n) is 8.96. The van der Waals surface area contributed by atoms with Crippen molar-refractivity contribution < 1.29 is 4.74 Å². The molecule has 0 spiro atoms. The SMILES string of the molecule is C/C=C\C1=C(N)C(C)=CCC1Nc1nc(Nc2ccc(OCCN3CCCC3)cc2)ncc1C. The molecular weight excluding hydrogens is 424 g/mol. The Balaban J connectivity index is 1.38. The van der Waals surface area contributed by atoms with Crippen molar-refractivity contribution in [1.29, 1.82) is 0 Å². The summed E-state index contributed by atoms with van der Waals surface area (Å²) in [6.45, 7) is 10.2. The molecule has 4 N–H and O–H groups in total. The van der Waals surface area contributed by atoms with Crippen LogP contribution >= 0.6 is 0 Å². The molecule has 1 aromatic heterocycles. The van der Waals surface area contributed by atoms with Crippen LogP contribution in [0.1, 0.15) is 38.7 Å². The van der Waals surface area contributed by atoms with Gasteiger partial charge in [-0.2, -0.15) is 4.98 Å². The third-order valence-corrected chi connectivity index (χ3v) is 6.39. The number of benzene rings is 1. The number of nitrogens with one attached hydrogen (secondary N) is 2. The molecule has 1 aromatic carbocycles. The first-order chi connectivity index (χ1) is 16.5. The highest BCUT2D eigenvalue weighted by atomic mass is 16.5. The van der Waals surface area contributed by atoms with E-state index in [1.807, 2.05) is 50.4 Å². The van der Waals surface area contributed by atoms with E-state index in [1.54, 1.807) is 0 Å². The van der Waals surface area contributed by atoms with Crippen LogP contribution in [-0.2, 0) is 0 Å². The molecular formula is C27H36N6O. The molecule has 0 radical (unpaired) electrons. The summed E-state index contributed by atoms with van der Waals surface area (Å²) >= 11 is 0. The van der Waals surface area contributed by atoms with Crippen LogP contribution in [0.25, 0.3) is 0 Å². The van der Waals surface area contributed by atoms with Gasteiger partial charge in [0.05, 0.1) is 6.04 Å². The highest BCUT2D eigenvalue weighted by molar-refractivity contribution is 5.58. The summed E-state index contributed by atoms with van der Waals surface area (Å²) in [5, 5.41) is 6.87. The van der Waals surface area contributed by atoms with Gasteiger partial charge in [-0.3, -0.25) is 4.90 Å². The van der Waals surface area contributed by atoms with Gasteiger partial charge in [-0.25, -0.2) is 4.98 Å². The molecule has 1 aliphatic heterocycles. The van der Waals surface area contributed by atoms with Crippen molar-refractivity contribution in [2.24, 2.45) is 5.73 Å². The third kappa shape index (κ3) is 5.97. The lowest BCUT2D eigenvalue weighted by Crippen LogP contribution is -2.28. The third-order valence-electron chi connectivity index (χ3n) is 6.39. The summed E-state index contributed by atoms with van der Waals surface area (Å²) in [7, 11) is 0. The van der Waals surface area contributed by atoms with E-state index >= 15 is 0 Å². The lowest BCUT2D eigenvalue weighted by atomic mass is 9.92. The molecule has 1 unspecified atom stereocenters. The van der Waals surface area contributed by atoms with Gasteiger partial charge in [-0.1, -0.05) is 18.2 Å². The van der Waals surface area contributed by atoms with Crippen molar-refractivity contribution in [3.63, 3.8) is 0 Å². The Labute approximate surface area is 202 Å². The van der Waals surface area contributed by atoms with E-state index in [2.05, 4.69) is 39.6 Å². The molecule has 1 atom stereocenters. The molecule has 7 heteroatoms. The zero-order chi connectivity index (χ0) is 23.9. The molecule has 0 bridgehead atoms. The zero-order valence-electron chi connectivity index (χ0n) is 20.5. The zero-order valence-corrected chi connectivity index (χ0v) is 20.5. The van der Waals surface area contributed by atoms with Gasteiger partial charge in [0.2, 0.25) is 5.95 Å². The van der Waals surface area contributed by atoms with Gasteiger partial charge in [-0.05, 0) is 88.5 Å². The molecule has 1 saturated heterocycles. The molecule has 2 aromatic rings. The topological polar surface area (TPSA) is 88.3 Å². The molecule has 2 aliphatic rings. The van der Waals surface area contributed by atoms with Crippen molar-refractivity contribution in [1.82, 2.24) is 14.9 Å². The maximum absolute atomic E-state index is 6.36. The standard InChI is InChI=1S/C27H36N6O/c1-4-7-23-24(13-8-19(2)25(23)28)31-26-20(3)18-29-27(32-26)30-21-9-11-22(12-10-21)34-17-16-33-14-5-6-15-33/h4,7-12,18,24H,5-6,13-17,28H2,1-3H3,(H2,29,30,31,32)/b7-4-. The molecule has 7 nitrogen and oxygen atoms in total. The summed E-state index contributed by atoms with van der Waals surface area (Å²) in [5.74, 6) is 2.22. The lowest BCUT2D eigenvalue weighted by Gasteiger charge is -2.26. The van der Waals surface area contributed by atoms with Gasteiger partial charge in [0.1, 0.15) is 18.2 Å². The quantitative estimate of drug-likeness (QED) is 0.489. The van der Waals surface area contributed by atoms with E-state index in [4.69, 9.17) is 15.5 Å². The van der Waals surface area contributed by atoms with E-state index in [9.17, 15) is 0 Å². The Hall–Kier alpha value is -3.32. The minimum Gasteiger partial charge on any atom is -0.492 e. The molecule has 180 valence electrons. The molecule has 1 fully saturated rings. The second-order valence-corrected chi connectivity index (χ2v) is 8.96. The first-order valence-electron chi connectivity index (χ1n) is 12.2. The van der Waals surface area contributed by atoms with Crippen molar-refractivity contribution in [3.8, 4) is 5.75 Å². The Morgan fingerprint density at radius 2 is 1.94 bits per heavy atom. The van der Waals surface area contributed by atoms with Crippen LogP contribution < -0.4 is 21.1 Å². The Kier molecular flexibility index (Phi) is 7.85. The molecule has 0 amide bonds. The molecule has 1 aliphatic carbocycles. The second kappa shape index (κ2) is 11.2. The Morgan fingerprint density at radius 3 is 2.68 bits per heavy atom. The smallest absolute Gasteiger partial charge is 0.229 e. The van der Waals surface area contributed by atoms with E-state index in [-0.39, 0.29) is 6.04 Å². The fraction of sp³-hybridized carbons (Fsp3) is 0.407. The van der Waals surface area contributed by atoms with Crippen LogP contribution in [0.5, 0.6) is 5.75 Å². The number of hydrogen-bond acceptors (Lipinski definition) is 7. The van der Waals surface area contributed by atoms with E-state index in [0.717, 1.165) is 52.6 Å². The molecule has 0 saturated carbocycles. The number of aromatic nitrogens is 2.